The molecule has 0 bridgehead atoms. The summed E-state index contributed by atoms with van der Waals surface area (Å²) in [6.45, 7) is 8.26. The standard InChI is InChI=1S/C15H19ClN2O2S2/c1-10-13(15(2,3)4)21-14(18(10)5)17-22(19,20)12-9-7-6-8-11(12)16/h6-9H,1-5H3/b17-14-. The molecule has 120 valence electrons. The molecule has 0 saturated carbocycles. The van der Waals surface area contributed by atoms with Crippen LogP contribution in [0.5, 0.6) is 0 Å². The van der Waals surface area contributed by atoms with E-state index in [9.17, 15) is 8.42 Å². The van der Waals surface area contributed by atoms with Gasteiger partial charge in [-0.15, -0.1) is 15.7 Å². The third-order valence-electron chi connectivity index (χ3n) is 3.31. The molecule has 0 saturated heterocycles. The second kappa shape index (κ2) is 5.83. The summed E-state index contributed by atoms with van der Waals surface area (Å²) in [6.07, 6.45) is 0. The van der Waals surface area contributed by atoms with Crippen molar-refractivity contribution in [3.63, 3.8) is 0 Å². The van der Waals surface area contributed by atoms with E-state index >= 15 is 0 Å². The highest BCUT2D eigenvalue weighted by Gasteiger charge is 2.22. The fourth-order valence-electron chi connectivity index (χ4n) is 2.11. The average molecular weight is 359 g/mol. The van der Waals surface area contributed by atoms with Crippen LogP contribution in [0, 0.1) is 6.92 Å². The predicted octanol–water partition coefficient (Wildman–Crippen LogP) is 3.64. The molecular weight excluding hydrogens is 340 g/mol. The molecule has 0 atom stereocenters. The summed E-state index contributed by atoms with van der Waals surface area (Å²) in [5.74, 6) is 0. The molecule has 7 heteroatoms. The number of halogens is 1. The van der Waals surface area contributed by atoms with Gasteiger partial charge in [0.25, 0.3) is 10.0 Å². The summed E-state index contributed by atoms with van der Waals surface area (Å²) >= 11 is 7.38. The predicted molar refractivity (Wildman–Crippen MR) is 90.9 cm³/mol. The minimum absolute atomic E-state index is 0.0278. The number of benzene rings is 1. The molecule has 1 aromatic carbocycles. The summed E-state index contributed by atoms with van der Waals surface area (Å²) in [5, 5.41) is 0.179. The van der Waals surface area contributed by atoms with Gasteiger partial charge in [0.1, 0.15) is 4.90 Å². The topological polar surface area (TPSA) is 51.4 Å². The van der Waals surface area contributed by atoms with Crippen molar-refractivity contribution >= 4 is 33.0 Å². The molecule has 2 aromatic rings. The van der Waals surface area contributed by atoms with Crippen LogP contribution in [0.4, 0.5) is 0 Å². The van der Waals surface area contributed by atoms with Gasteiger partial charge in [-0.05, 0) is 24.5 Å². The zero-order chi connectivity index (χ0) is 16.7. The van der Waals surface area contributed by atoms with E-state index in [1.54, 1.807) is 22.8 Å². The molecule has 0 spiro atoms. The first-order valence-corrected chi connectivity index (χ1v) is 9.40. The van der Waals surface area contributed by atoms with Crippen LogP contribution in [0.3, 0.4) is 0 Å². The van der Waals surface area contributed by atoms with Crippen LogP contribution in [0.25, 0.3) is 0 Å². The normalized spacial score (nSPS) is 13.6. The second-order valence-electron chi connectivity index (χ2n) is 6.10. The Balaban J connectivity index is 2.67. The monoisotopic (exact) mass is 358 g/mol. The fourth-order valence-corrected chi connectivity index (χ4v) is 5.02. The Hall–Kier alpha value is -1.11. The Morgan fingerprint density at radius 1 is 1.23 bits per heavy atom. The number of nitrogens with zero attached hydrogens (tertiary/aromatic N) is 2. The summed E-state index contributed by atoms with van der Waals surface area (Å²) < 4.78 is 30.8. The van der Waals surface area contributed by atoms with Gasteiger partial charge in [0.05, 0.1) is 5.02 Å². The van der Waals surface area contributed by atoms with E-state index in [1.165, 1.54) is 17.4 Å². The molecular formula is C15H19ClN2O2S2. The van der Waals surface area contributed by atoms with Crippen LogP contribution in [0.15, 0.2) is 33.6 Å². The van der Waals surface area contributed by atoms with E-state index in [4.69, 9.17) is 11.6 Å². The lowest BCUT2D eigenvalue weighted by atomic mass is 9.93. The van der Waals surface area contributed by atoms with E-state index in [0.717, 1.165) is 10.6 Å². The Labute approximate surface area is 140 Å². The van der Waals surface area contributed by atoms with Gasteiger partial charge < -0.3 is 4.57 Å². The molecule has 0 aliphatic carbocycles. The minimum atomic E-state index is -3.83. The Bertz CT molecular complexity index is 872. The van der Waals surface area contributed by atoms with Crippen molar-refractivity contribution in [3.05, 3.63) is 44.7 Å². The molecule has 4 nitrogen and oxygen atoms in total. The van der Waals surface area contributed by atoms with Gasteiger partial charge in [-0.25, -0.2) is 0 Å². The number of thiazole rings is 1. The summed E-state index contributed by atoms with van der Waals surface area (Å²) in [5.41, 5.74) is 0.958. The lowest BCUT2D eigenvalue weighted by Gasteiger charge is -2.17. The van der Waals surface area contributed by atoms with Gasteiger partial charge in [-0.1, -0.05) is 44.5 Å². The fraction of sp³-hybridized carbons (Fsp3) is 0.400. The highest BCUT2D eigenvalue weighted by Crippen LogP contribution is 2.28. The SMILES string of the molecule is Cc1c(C(C)(C)C)s/c(=N\S(=O)(=O)c2ccccc2Cl)n1C. The Kier molecular flexibility index (Phi) is 4.57. The summed E-state index contributed by atoms with van der Waals surface area (Å²) in [7, 11) is -2.01. The lowest BCUT2D eigenvalue weighted by Crippen LogP contribution is -2.15. The van der Waals surface area contributed by atoms with E-state index in [1.807, 2.05) is 14.0 Å². The molecule has 1 aromatic heterocycles. The molecule has 22 heavy (non-hydrogen) atoms. The van der Waals surface area contributed by atoms with Gasteiger partial charge >= 0.3 is 0 Å². The number of sulfonamides is 1. The van der Waals surface area contributed by atoms with Gasteiger partial charge in [0.15, 0.2) is 0 Å². The summed E-state index contributed by atoms with van der Waals surface area (Å²) in [4.78, 5) is 1.59. The summed E-state index contributed by atoms with van der Waals surface area (Å²) in [6, 6.07) is 6.33. The first kappa shape index (κ1) is 17.2. The quantitative estimate of drug-likeness (QED) is 0.823. The number of aromatic nitrogens is 1. The van der Waals surface area contributed by atoms with E-state index in [-0.39, 0.29) is 15.3 Å². The van der Waals surface area contributed by atoms with Crippen molar-refractivity contribution in [2.75, 3.05) is 0 Å². The van der Waals surface area contributed by atoms with Gasteiger partial charge in [-0.2, -0.15) is 8.42 Å². The van der Waals surface area contributed by atoms with Crippen LogP contribution in [-0.4, -0.2) is 13.0 Å². The van der Waals surface area contributed by atoms with Crippen molar-refractivity contribution in [2.45, 2.75) is 38.0 Å². The number of rotatable bonds is 2. The molecule has 0 aliphatic rings. The maximum absolute atomic E-state index is 12.5. The average Bonchev–Trinajstić information content (AvgIpc) is 2.66. The van der Waals surface area contributed by atoms with Gasteiger partial charge in [0.2, 0.25) is 4.80 Å². The van der Waals surface area contributed by atoms with Crippen LogP contribution in [0.1, 0.15) is 31.3 Å². The van der Waals surface area contributed by atoms with Crippen molar-refractivity contribution in [1.82, 2.24) is 4.57 Å². The molecule has 1 heterocycles. The third-order valence-corrected chi connectivity index (χ3v) is 6.85. The lowest BCUT2D eigenvalue weighted by molar-refractivity contribution is 0.592. The zero-order valence-electron chi connectivity index (χ0n) is 13.2. The second-order valence-corrected chi connectivity index (χ2v) is 9.06. The minimum Gasteiger partial charge on any atom is -0.323 e. The number of hydrogen-bond acceptors (Lipinski definition) is 3. The maximum Gasteiger partial charge on any atom is 0.286 e. The maximum atomic E-state index is 12.5. The van der Waals surface area contributed by atoms with Crippen molar-refractivity contribution in [2.24, 2.45) is 11.4 Å². The van der Waals surface area contributed by atoms with E-state index in [0.29, 0.717) is 4.80 Å². The molecule has 0 fully saturated rings. The Morgan fingerprint density at radius 2 is 1.82 bits per heavy atom. The molecule has 0 amide bonds. The first-order chi connectivity index (χ1) is 10.0. The van der Waals surface area contributed by atoms with Crippen LogP contribution in [-0.2, 0) is 22.5 Å². The smallest absolute Gasteiger partial charge is 0.286 e. The van der Waals surface area contributed by atoms with E-state index in [2.05, 4.69) is 25.2 Å². The highest BCUT2D eigenvalue weighted by molar-refractivity contribution is 7.90. The van der Waals surface area contributed by atoms with E-state index < -0.39 is 10.0 Å². The van der Waals surface area contributed by atoms with Crippen LogP contribution in [0.2, 0.25) is 5.02 Å². The van der Waals surface area contributed by atoms with Crippen LogP contribution < -0.4 is 4.80 Å². The molecule has 0 aliphatic heterocycles. The van der Waals surface area contributed by atoms with Crippen molar-refractivity contribution in [1.29, 1.82) is 0 Å². The Morgan fingerprint density at radius 3 is 2.32 bits per heavy atom. The highest BCUT2D eigenvalue weighted by atomic mass is 35.5. The van der Waals surface area contributed by atoms with Crippen molar-refractivity contribution in [3.8, 4) is 0 Å². The van der Waals surface area contributed by atoms with Crippen molar-refractivity contribution < 1.29 is 8.42 Å². The number of hydrogen-bond donors (Lipinski definition) is 0. The van der Waals surface area contributed by atoms with Gasteiger partial charge in [-0.3, -0.25) is 0 Å². The molecule has 2 rings (SSSR count). The molecule has 0 N–H and O–H groups in total. The zero-order valence-corrected chi connectivity index (χ0v) is 15.6. The molecule has 0 radical (unpaired) electrons. The largest absolute Gasteiger partial charge is 0.323 e. The third kappa shape index (κ3) is 3.29. The van der Waals surface area contributed by atoms with Gasteiger partial charge in [0, 0.05) is 17.6 Å². The molecule has 0 unspecified atom stereocenters. The van der Waals surface area contributed by atoms with Crippen LogP contribution >= 0.6 is 22.9 Å². The first-order valence-electron chi connectivity index (χ1n) is 6.76.